The first kappa shape index (κ1) is 13.7. The summed E-state index contributed by atoms with van der Waals surface area (Å²) >= 11 is 0. The van der Waals surface area contributed by atoms with Crippen LogP contribution in [0.25, 0.3) is 0 Å². The fraction of sp³-hybridized carbons (Fsp3) is 0.133. The van der Waals surface area contributed by atoms with E-state index in [-0.39, 0.29) is 5.91 Å². The molecule has 2 aromatic rings. The van der Waals surface area contributed by atoms with E-state index in [4.69, 9.17) is 10.5 Å². The highest BCUT2D eigenvalue weighted by molar-refractivity contribution is 5.96. The van der Waals surface area contributed by atoms with E-state index in [2.05, 4.69) is 10.6 Å². The van der Waals surface area contributed by atoms with Crippen molar-refractivity contribution in [2.24, 2.45) is 0 Å². The average Bonchev–Trinajstić information content (AvgIpc) is 2.49. The Bertz CT molecular complexity index is 626. The molecule has 0 atom stereocenters. The first-order chi connectivity index (χ1) is 9.65. The molecule has 0 unspecified atom stereocenters. The molecule has 104 valence electrons. The number of para-hydroxylation sites is 2. The van der Waals surface area contributed by atoms with Crippen molar-refractivity contribution in [3.8, 4) is 5.75 Å². The molecule has 0 aliphatic rings. The van der Waals surface area contributed by atoms with E-state index in [1.807, 2.05) is 24.3 Å². The second-order valence-electron chi connectivity index (χ2n) is 4.21. The van der Waals surface area contributed by atoms with Gasteiger partial charge in [0.05, 0.1) is 24.2 Å². The number of ether oxygens (including phenoxy) is 1. The summed E-state index contributed by atoms with van der Waals surface area (Å²) in [5, 5.41) is 5.76. The van der Waals surface area contributed by atoms with Crippen molar-refractivity contribution in [3.05, 3.63) is 48.0 Å². The molecule has 0 saturated carbocycles. The zero-order valence-electron chi connectivity index (χ0n) is 11.4. The first-order valence-electron chi connectivity index (χ1n) is 6.17. The SMILES string of the molecule is CNC(=O)c1ccc(Nc2ccccc2OC)c(N)c1. The summed E-state index contributed by atoms with van der Waals surface area (Å²) in [5.74, 6) is 0.558. The van der Waals surface area contributed by atoms with Gasteiger partial charge in [-0.05, 0) is 30.3 Å². The number of carbonyl (C=O) groups is 1. The number of carbonyl (C=O) groups excluding carboxylic acids is 1. The van der Waals surface area contributed by atoms with Crippen LogP contribution in [-0.2, 0) is 0 Å². The lowest BCUT2D eigenvalue weighted by Gasteiger charge is -2.13. The van der Waals surface area contributed by atoms with Gasteiger partial charge in [0.15, 0.2) is 0 Å². The van der Waals surface area contributed by atoms with Crippen molar-refractivity contribution in [2.75, 3.05) is 25.2 Å². The van der Waals surface area contributed by atoms with Crippen LogP contribution in [0.2, 0.25) is 0 Å². The number of anilines is 3. The highest BCUT2D eigenvalue weighted by atomic mass is 16.5. The zero-order valence-corrected chi connectivity index (χ0v) is 11.4. The van der Waals surface area contributed by atoms with E-state index in [1.54, 1.807) is 32.4 Å². The third-order valence-corrected chi connectivity index (χ3v) is 2.92. The topological polar surface area (TPSA) is 76.4 Å². The summed E-state index contributed by atoms with van der Waals surface area (Å²) in [7, 11) is 3.19. The highest BCUT2D eigenvalue weighted by Gasteiger charge is 2.08. The number of amides is 1. The second kappa shape index (κ2) is 5.97. The van der Waals surface area contributed by atoms with E-state index in [0.717, 1.165) is 17.1 Å². The Morgan fingerprint density at radius 3 is 2.55 bits per heavy atom. The second-order valence-corrected chi connectivity index (χ2v) is 4.21. The van der Waals surface area contributed by atoms with Crippen molar-refractivity contribution in [2.45, 2.75) is 0 Å². The van der Waals surface area contributed by atoms with Crippen molar-refractivity contribution in [1.29, 1.82) is 0 Å². The van der Waals surface area contributed by atoms with Crippen molar-refractivity contribution in [3.63, 3.8) is 0 Å². The highest BCUT2D eigenvalue weighted by Crippen LogP contribution is 2.30. The third-order valence-electron chi connectivity index (χ3n) is 2.92. The lowest BCUT2D eigenvalue weighted by atomic mass is 10.1. The van der Waals surface area contributed by atoms with Crippen LogP contribution in [0, 0.1) is 0 Å². The average molecular weight is 271 g/mol. The molecule has 5 heteroatoms. The predicted octanol–water partition coefficient (Wildman–Crippen LogP) is 2.38. The van der Waals surface area contributed by atoms with Crippen LogP contribution >= 0.6 is 0 Å². The maximum Gasteiger partial charge on any atom is 0.251 e. The summed E-state index contributed by atoms with van der Waals surface area (Å²) < 4.78 is 5.27. The van der Waals surface area contributed by atoms with Gasteiger partial charge in [-0.3, -0.25) is 4.79 Å². The van der Waals surface area contributed by atoms with Gasteiger partial charge >= 0.3 is 0 Å². The lowest BCUT2D eigenvalue weighted by Crippen LogP contribution is -2.18. The predicted molar refractivity (Wildman–Crippen MR) is 80.5 cm³/mol. The van der Waals surface area contributed by atoms with Gasteiger partial charge in [-0.1, -0.05) is 12.1 Å². The van der Waals surface area contributed by atoms with Crippen LogP contribution in [0.15, 0.2) is 42.5 Å². The van der Waals surface area contributed by atoms with Crippen LogP contribution in [-0.4, -0.2) is 20.1 Å². The number of nitrogens with two attached hydrogens (primary N) is 1. The van der Waals surface area contributed by atoms with Crippen molar-refractivity contribution in [1.82, 2.24) is 5.32 Å². The van der Waals surface area contributed by atoms with Gasteiger partial charge in [0.2, 0.25) is 0 Å². The maximum atomic E-state index is 11.5. The molecule has 2 aromatic carbocycles. The van der Waals surface area contributed by atoms with Gasteiger partial charge in [0.1, 0.15) is 5.75 Å². The molecule has 4 N–H and O–H groups in total. The van der Waals surface area contributed by atoms with Gasteiger partial charge in [-0.25, -0.2) is 0 Å². The minimum Gasteiger partial charge on any atom is -0.495 e. The van der Waals surface area contributed by atoms with E-state index in [1.165, 1.54) is 0 Å². The molecular weight excluding hydrogens is 254 g/mol. The van der Waals surface area contributed by atoms with Crippen molar-refractivity contribution < 1.29 is 9.53 Å². The molecule has 0 aliphatic carbocycles. The van der Waals surface area contributed by atoms with E-state index < -0.39 is 0 Å². The largest absolute Gasteiger partial charge is 0.495 e. The zero-order chi connectivity index (χ0) is 14.5. The van der Waals surface area contributed by atoms with Gasteiger partial charge < -0.3 is 21.1 Å². The molecule has 5 nitrogen and oxygen atoms in total. The molecule has 0 bridgehead atoms. The Morgan fingerprint density at radius 2 is 1.90 bits per heavy atom. The number of benzene rings is 2. The summed E-state index contributed by atoms with van der Waals surface area (Å²) in [6.07, 6.45) is 0. The molecule has 0 fully saturated rings. The molecule has 2 rings (SSSR count). The molecule has 0 radical (unpaired) electrons. The van der Waals surface area contributed by atoms with Crippen LogP contribution in [0.5, 0.6) is 5.75 Å². The number of nitrogen functional groups attached to an aromatic ring is 1. The van der Waals surface area contributed by atoms with Crippen LogP contribution in [0.1, 0.15) is 10.4 Å². The molecule has 0 spiro atoms. The van der Waals surface area contributed by atoms with Gasteiger partial charge in [0.25, 0.3) is 5.91 Å². The number of hydrogen-bond acceptors (Lipinski definition) is 4. The first-order valence-corrected chi connectivity index (χ1v) is 6.17. The summed E-state index contributed by atoms with van der Waals surface area (Å²) in [4.78, 5) is 11.5. The Kier molecular flexibility index (Phi) is 4.10. The molecule has 0 aliphatic heterocycles. The number of rotatable bonds is 4. The summed E-state index contributed by atoms with van der Waals surface area (Å²) in [6, 6.07) is 12.7. The molecule has 20 heavy (non-hydrogen) atoms. The standard InChI is InChI=1S/C15H17N3O2/c1-17-15(19)10-7-8-12(11(16)9-10)18-13-5-3-4-6-14(13)20-2/h3-9,18H,16H2,1-2H3,(H,17,19). The third kappa shape index (κ3) is 2.83. The van der Waals surface area contributed by atoms with E-state index in [0.29, 0.717) is 11.3 Å². The normalized spacial score (nSPS) is 9.90. The minimum atomic E-state index is -0.166. The van der Waals surface area contributed by atoms with Crippen LogP contribution in [0.3, 0.4) is 0 Å². The van der Waals surface area contributed by atoms with Gasteiger partial charge in [-0.2, -0.15) is 0 Å². The number of methoxy groups -OCH3 is 1. The molecule has 0 aromatic heterocycles. The van der Waals surface area contributed by atoms with Crippen LogP contribution < -0.4 is 21.1 Å². The Morgan fingerprint density at radius 1 is 1.15 bits per heavy atom. The quantitative estimate of drug-likeness (QED) is 0.746. The number of nitrogens with one attached hydrogen (secondary N) is 2. The smallest absolute Gasteiger partial charge is 0.251 e. The Labute approximate surface area is 117 Å². The number of hydrogen-bond donors (Lipinski definition) is 3. The fourth-order valence-corrected chi connectivity index (χ4v) is 1.86. The molecule has 1 amide bonds. The fourth-order valence-electron chi connectivity index (χ4n) is 1.86. The summed E-state index contributed by atoms with van der Waals surface area (Å²) in [6.45, 7) is 0. The summed E-state index contributed by atoms with van der Waals surface area (Å²) in [5.41, 5.74) is 8.53. The van der Waals surface area contributed by atoms with E-state index in [9.17, 15) is 4.79 Å². The monoisotopic (exact) mass is 271 g/mol. The van der Waals surface area contributed by atoms with Crippen molar-refractivity contribution >= 4 is 23.0 Å². The maximum absolute atomic E-state index is 11.5. The lowest BCUT2D eigenvalue weighted by molar-refractivity contribution is 0.0963. The Balaban J connectivity index is 2.28. The van der Waals surface area contributed by atoms with Crippen LogP contribution in [0.4, 0.5) is 17.1 Å². The van der Waals surface area contributed by atoms with E-state index >= 15 is 0 Å². The Hall–Kier alpha value is -2.69. The van der Waals surface area contributed by atoms with Gasteiger partial charge in [0, 0.05) is 12.6 Å². The molecular formula is C15H17N3O2. The van der Waals surface area contributed by atoms with Gasteiger partial charge in [-0.15, -0.1) is 0 Å². The molecule has 0 saturated heterocycles. The minimum absolute atomic E-state index is 0.166. The molecule has 0 heterocycles.